The van der Waals surface area contributed by atoms with Crippen molar-refractivity contribution in [1.82, 2.24) is 14.9 Å². The summed E-state index contributed by atoms with van der Waals surface area (Å²) in [5.41, 5.74) is 10.6. The molecule has 142 valence electrons. The van der Waals surface area contributed by atoms with Crippen LogP contribution >= 0.6 is 0 Å². The van der Waals surface area contributed by atoms with Gasteiger partial charge in [0.05, 0.1) is 11.4 Å². The fraction of sp³-hybridized carbons (Fsp3) is 0.174. The summed E-state index contributed by atoms with van der Waals surface area (Å²) in [4.78, 5) is 15.5. The van der Waals surface area contributed by atoms with Crippen molar-refractivity contribution < 1.29 is 0 Å². The first-order chi connectivity index (χ1) is 13.7. The molecule has 5 heteroatoms. The number of nitrogens with zero attached hydrogens (tertiary/aromatic N) is 4. The molecule has 1 aromatic carbocycles. The van der Waals surface area contributed by atoms with Gasteiger partial charge in [0.15, 0.2) is 0 Å². The lowest BCUT2D eigenvalue weighted by molar-refractivity contribution is 0.194. The largest absolute Gasteiger partial charge is 0.399 e. The maximum atomic E-state index is 5.80. The quantitative estimate of drug-likeness (QED) is 0.324. The number of rotatable bonds is 8. The molecule has 0 atom stereocenters. The van der Waals surface area contributed by atoms with Crippen LogP contribution in [0.25, 0.3) is 11.3 Å². The van der Waals surface area contributed by atoms with E-state index in [1.807, 2.05) is 48.6 Å². The second-order valence-electron chi connectivity index (χ2n) is 6.64. The summed E-state index contributed by atoms with van der Waals surface area (Å²) >= 11 is 0. The zero-order valence-electron chi connectivity index (χ0n) is 16.0. The Labute approximate surface area is 166 Å². The molecule has 2 aromatic rings. The molecular weight excluding hydrogens is 346 g/mol. The number of allylic oxidation sites excluding steroid dienone is 5. The van der Waals surface area contributed by atoms with Gasteiger partial charge in [-0.1, -0.05) is 36.9 Å². The number of nitrogens with two attached hydrogens (primary N) is 1. The molecule has 0 radical (unpaired) electrons. The fourth-order valence-corrected chi connectivity index (χ4v) is 3.18. The lowest BCUT2D eigenvalue weighted by Gasteiger charge is -2.40. The summed E-state index contributed by atoms with van der Waals surface area (Å²) in [5, 5.41) is 0. The van der Waals surface area contributed by atoms with Crippen LogP contribution in [0.5, 0.6) is 0 Å². The predicted molar refractivity (Wildman–Crippen MR) is 117 cm³/mol. The summed E-state index contributed by atoms with van der Waals surface area (Å²) in [6.07, 6.45) is 11.9. The van der Waals surface area contributed by atoms with Crippen molar-refractivity contribution in [2.75, 3.05) is 18.8 Å². The Bertz CT molecular complexity index is 918. The van der Waals surface area contributed by atoms with E-state index in [1.165, 1.54) is 0 Å². The Hall–Kier alpha value is -3.47. The van der Waals surface area contributed by atoms with E-state index in [1.54, 1.807) is 12.4 Å². The SMILES string of the molecule is C=CC/C(C=C)=C\C=C(/N=C)N1CC(c2nccnc2-c2ccc(N)cc2)C1. The first kappa shape index (κ1) is 19.3. The molecule has 0 unspecified atom stereocenters. The zero-order chi connectivity index (χ0) is 19.9. The molecular formula is C23H25N5. The number of aromatic nitrogens is 2. The van der Waals surface area contributed by atoms with Gasteiger partial charge in [0.1, 0.15) is 5.82 Å². The van der Waals surface area contributed by atoms with Gasteiger partial charge in [0, 0.05) is 42.7 Å². The lowest BCUT2D eigenvalue weighted by Crippen LogP contribution is -2.44. The molecule has 1 fully saturated rings. The van der Waals surface area contributed by atoms with Gasteiger partial charge in [-0.05, 0) is 36.9 Å². The molecule has 0 amide bonds. The highest BCUT2D eigenvalue weighted by Gasteiger charge is 2.32. The smallest absolute Gasteiger partial charge is 0.127 e. The van der Waals surface area contributed by atoms with E-state index < -0.39 is 0 Å². The predicted octanol–water partition coefficient (Wildman–Crippen LogP) is 4.36. The van der Waals surface area contributed by atoms with E-state index in [9.17, 15) is 0 Å². The number of hydrogen-bond donors (Lipinski definition) is 1. The first-order valence-electron chi connectivity index (χ1n) is 9.19. The zero-order valence-corrected chi connectivity index (χ0v) is 16.0. The monoisotopic (exact) mass is 371 g/mol. The van der Waals surface area contributed by atoms with E-state index >= 15 is 0 Å². The Balaban J connectivity index is 1.76. The minimum Gasteiger partial charge on any atom is -0.399 e. The molecule has 1 aliphatic heterocycles. The highest BCUT2D eigenvalue weighted by Crippen LogP contribution is 2.34. The number of aliphatic imine (C=N–C) groups is 1. The van der Waals surface area contributed by atoms with Crippen LogP contribution in [-0.2, 0) is 0 Å². The standard InChI is InChI=1S/C23H25N5/c1-4-6-17(5-2)7-12-21(25-3)28-15-19(16-28)23-22(26-13-14-27-23)18-8-10-20(24)11-9-18/h4-5,7-14,19H,1-3,6,15-16,24H2/b17-7-,21-12+. The number of nitrogen functional groups attached to an aromatic ring is 1. The Morgan fingerprint density at radius 1 is 1.14 bits per heavy atom. The minimum absolute atomic E-state index is 0.294. The van der Waals surface area contributed by atoms with Gasteiger partial charge in [0.2, 0.25) is 0 Å². The molecule has 5 nitrogen and oxygen atoms in total. The van der Waals surface area contributed by atoms with Gasteiger partial charge in [-0.3, -0.25) is 9.97 Å². The third-order valence-corrected chi connectivity index (χ3v) is 4.75. The van der Waals surface area contributed by atoms with E-state index in [-0.39, 0.29) is 0 Å². The Morgan fingerprint density at radius 3 is 2.50 bits per heavy atom. The molecule has 2 N–H and O–H groups in total. The van der Waals surface area contributed by atoms with Crippen molar-refractivity contribution in [3.8, 4) is 11.3 Å². The third-order valence-electron chi connectivity index (χ3n) is 4.75. The van der Waals surface area contributed by atoms with Crippen molar-refractivity contribution in [2.24, 2.45) is 4.99 Å². The van der Waals surface area contributed by atoms with Crippen LogP contribution < -0.4 is 5.73 Å². The van der Waals surface area contributed by atoms with Gasteiger partial charge in [-0.2, -0.15) is 0 Å². The second-order valence-corrected chi connectivity index (χ2v) is 6.64. The van der Waals surface area contributed by atoms with Crippen molar-refractivity contribution in [3.05, 3.63) is 91.2 Å². The molecule has 1 aromatic heterocycles. The van der Waals surface area contributed by atoms with E-state index in [0.717, 1.165) is 53.5 Å². The van der Waals surface area contributed by atoms with Crippen LogP contribution in [0.3, 0.4) is 0 Å². The highest BCUT2D eigenvalue weighted by atomic mass is 15.3. The minimum atomic E-state index is 0.294. The summed E-state index contributed by atoms with van der Waals surface area (Å²) in [5.74, 6) is 1.14. The summed E-state index contributed by atoms with van der Waals surface area (Å²) in [7, 11) is 0. The van der Waals surface area contributed by atoms with Gasteiger partial charge in [-0.15, -0.1) is 6.58 Å². The van der Waals surface area contributed by atoms with Crippen molar-refractivity contribution in [1.29, 1.82) is 0 Å². The van der Waals surface area contributed by atoms with Crippen LogP contribution in [0, 0.1) is 0 Å². The summed E-state index contributed by atoms with van der Waals surface area (Å²) in [6, 6.07) is 7.74. The molecule has 28 heavy (non-hydrogen) atoms. The van der Waals surface area contributed by atoms with E-state index in [4.69, 9.17) is 5.73 Å². The average molecular weight is 371 g/mol. The summed E-state index contributed by atoms with van der Waals surface area (Å²) < 4.78 is 0. The third kappa shape index (κ3) is 4.26. The van der Waals surface area contributed by atoms with Crippen molar-refractivity contribution in [3.63, 3.8) is 0 Å². The normalized spacial score (nSPS) is 15.1. The first-order valence-corrected chi connectivity index (χ1v) is 9.19. The fourth-order valence-electron chi connectivity index (χ4n) is 3.18. The molecule has 2 heterocycles. The van der Waals surface area contributed by atoms with Gasteiger partial charge in [0.25, 0.3) is 0 Å². The lowest BCUT2D eigenvalue weighted by atomic mass is 9.92. The van der Waals surface area contributed by atoms with Gasteiger partial charge < -0.3 is 10.6 Å². The molecule has 3 rings (SSSR count). The Morgan fingerprint density at radius 2 is 1.86 bits per heavy atom. The van der Waals surface area contributed by atoms with Crippen molar-refractivity contribution in [2.45, 2.75) is 12.3 Å². The van der Waals surface area contributed by atoms with Crippen LogP contribution in [0.2, 0.25) is 0 Å². The molecule has 0 spiro atoms. The number of likely N-dealkylation sites (tertiary alicyclic amines) is 1. The average Bonchev–Trinajstić information content (AvgIpc) is 2.69. The van der Waals surface area contributed by atoms with Gasteiger partial charge in [-0.25, -0.2) is 4.99 Å². The van der Waals surface area contributed by atoms with Crippen LogP contribution in [0.1, 0.15) is 18.0 Å². The summed E-state index contributed by atoms with van der Waals surface area (Å²) in [6.45, 7) is 13.0. The maximum absolute atomic E-state index is 5.80. The highest BCUT2D eigenvalue weighted by molar-refractivity contribution is 5.64. The number of hydrogen-bond acceptors (Lipinski definition) is 5. The maximum Gasteiger partial charge on any atom is 0.127 e. The van der Waals surface area contributed by atoms with E-state index in [0.29, 0.717) is 5.92 Å². The van der Waals surface area contributed by atoms with E-state index in [2.05, 4.69) is 39.7 Å². The van der Waals surface area contributed by atoms with Crippen LogP contribution in [0.4, 0.5) is 5.69 Å². The second kappa shape index (κ2) is 8.95. The molecule has 0 saturated carbocycles. The van der Waals surface area contributed by atoms with Crippen LogP contribution in [0.15, 0.2) is 90.5 Å². The molecule has 0 bridgehead atoms. The number of benzene rings is 1. The topological polar surface area (TPSA) is 67.4 Å². The van der Waals surface area contributed by atoms with Crippen molar-refractivity contribution >= 4 is 12.4 Å². The molecule has 1 aliphatic rings. The molecule has 0 aliphatic carbocycles. The molecule has 1 saturated heterocycles. The van der Waals surface area contributed by atoms with Gasteiger partial charge >= 0.3 is 0 Å². The Kier molecular flexibility index (Phi) is 6.17. The van der Waals surface area contributed by atoms with Crippen LogP contribution in [-0.4, -0.2) is 34.7 Å². The number of anilines is 1.